The predicted molar refractivity (Wildman–Crippen MR) is 83.0 cm³/mol. The molecule has 23 heavy (non-hydrogen) atoms. The predicted octanol–water partition coefficient (Wildman–Crippen LogP) is -0.281. The van der Waals surface area contributed by atoms with Crippen molar-refractivity contribution in [2.24, 2.45) is 0 Å². The zero-order valence-corrected chi connectivity index (χ0v) is 13.8. The zero-order chi connectivity index (χ0) is 16.1. The Kier molecular flexibility index (Phi) is 5.50. The van der Waals surface area contributed by atoms with Crippen LogP contribution in [0.2, 0.25) is 0 Å². The number of quaternary nitrogens is 1. The molecular formula is C14H22N5O3S+. The second-order valence-electron chi connectivity index (χ2n) is 6.03. The highest BCUT2D eigenvalue weighted by molar-refractivity contribution is 7.99. The summed E-state index contributed by atoms with van der Waals surface area (Å²) >= 11 is 1.15. The lowest BCUT2D eigenvalue weighted by Crippen LogP contribution is -3.11. The smallest absolute Gasteiger partial charge is 0.321 e. The minimum absolute atomic E-state index is 0.0797. The number of likely N-dealkylation sites (tertiary alicyclic amines) is 1. The number of amides is 3. The number of piperidine rings is 1. The maximum atomic E-state index is 11.7. The number of thioether (sulfide) groups is 1. The van der Waals surface area contributed by atoms with Crippen molar-refractivity contribution in [3.8, 4) is 0 Å². The van der Waals surface area contributed by atoms with E-state index in [0.717, 1.165) is 44.2 Å². The molecule has 0 atom stereocenters. The summed E-state index contributed by atoms with van der Waals surface area (Å²) in [5, 5.41) is 13.3. The molecule has 0 aromatic carbocycles. The molecule has 1 saturated carbocycles. The van der Waals surface area contributed by atoms with Crippen molar-refractivity contribution in [1.29, 1.82) is 0 Å². The van der Waals surface area contributed by atoms with E-state index in [1.807, 2.05) is 0 Å². The van der Waals surface area contributed by atoms with Crippen LogP contribution >= 0.6 is 11.8 Å². The monoisotopic (exact) mass is 340 g/mol. The molecule has 1 aromatic rings. The molecule has 2 heterocycles. The van der Waals surface area contributed by atoms with Gasteiger partial charge >= 0.3 is 6.03 Å². The van der Waals surface area contributed by atoms with Gasteiger partial charge in [-0.2, -0.15) is 0 Å². The number of carbonyl (C=O) groups is 2. The molecule has 9 heteroatoms. The van der Waals surface area contributed by atoms with Crippen LogP contribution in [-0.2, 0) is 11.3 Å². The third kappa shape index (κ3) is 5.51. The Morgan fingerprint density at radius 1 is 1.22 bits per heavy atom. The second kappa shape index (κ2) is 7.78. The first-order valence-electron chi connectivity index (χ1n) is 8.08. The third-order valence-corrected chi connectivity index (χ3v) is 4.72. The average molecular weight is 340 g/mol. The first-order valence-corrected chi connectivity index (χ1v) is 9.07. The summed E-state index contributed by atoms with van der Waals surface area (Å²) in [6.45, 7) is 3.02. The molecule has 8 nitrogen and oxygen atoms in total. The van der Waals surface area contributed by atoms with E-state index in [0.29, 0.717) is 11.1 Å². The summed E-state index contributed by atoms with van der Waals surface area (Å²) in [7, 11) is 0. The van der Waals surface area contributed by atoms with Gasteiger partial charge in [-0.3, -0.25) is 10.1 Å². The van der Waals surface area contributed by atoms with Crippen molar-refractivity contribution in [1.82, 2.24) is 20.8 Å². The van der Waals surface area contributed by atoms with Crippen LogP contribution in [0.5, 0.6) is 0 Å². The lowest BCUT2D eigenvalue weighted by Gasteiger charge is -2.21. The van der Waals surface area contributed by atoms with E-state index in [4.69, 9.17) is 4.42 Å². The van der Waals surface area contributed by atoms with Gasteiger partial charge in [0, 0.05) is 6.04 Å². The number of imide groups is 1. The molecule has 0 radical (unpaired) electrons. The zero-order valence-electron chi connectivity index (χ0n) is 13.0. The first kappa shape index (κ1) is 16.3. The van der Waals surface area contributed by atoms with Crippen molar-refractivity contribution >= 4 is 23.7 Å². The molecule has 1 saturated heterocycles. The topological polar surface area (TPSA) is 102 Å². The number of urea groups is 1. The highest BCUT2D eigenvalue weighted by Crippen LogP contribution is 2.18. The Morgan fingerprint density at radius 3 is 2.74 bits per heavy atom. The summed E-state index contributed by atoms with van der Waals surface area (Å²) in [5.74, 6) is 0.321. The van der Waals surface area contributed by atoms with Crippen molar-refractivity contribution in [2.45, 2.75) is 49.9 Å². The van der Waals surface area contributed by atoms with Crippen molar-refractivity contribution < 1.29 is 18.9 Å². The maximum Gasteiger partial charge on any atom is 0.321 e. The van der Waals surface area contributed by atoms with Gasteiger partial charge in [-0.15, -0.1) is 10.2 Å². The van der Waals surface area contributed by atoms with Gasteiger partial charge < -0.3 is 14.6 Å². The molecule has 3 N–H and O–H groups in total. The van der Waals surface area contributed by atoms with Gasteiger partial charge in [0.05, 0.1) is 18.8 Å². The van der Waals surface area contributed by atoms with E-state index in [1.54, 1.807) is 0 Å². The third-order valence-electron chi connectivity index (χ3n) is 3.90. The van der Waals surface area contributed by atoms with Crippen LogP contribution in [0.3, 0.4) is 0 Å². The molecule has 0 unspecified atom stereocenters. The number of rotatable bonds is 6. The molecule has 3 rings (SSSR count). The van der Waals surface area contributed by atoms with Gasteiger partial charge in [0.2, 0.25) is 5.91 Å². The fraction of sp³-hybridized carbons (Fsp3) is 0.714. The van der Waals surface area contributed by atoms with Crippen molar-refractivity contribution in [3.63, 3.8) is 0 Å². The van der Waals surface area contributed by atoms with Crippen LogP contribution in [-0.4, -0.2) is 47.0 Å². The Bertz CT molecular complexity index is 554. The molecule has 0 bridgehead atoms. The fourth-order valence-electron chi connectivity index (χ4n) is 2.55. The normalized spacial score (nSPS) is 18.6. The molecule has 2 aliphatic rings. The molecule has 1 aliphatic carbocycles. The molecule has 0 spiro atoms. The summed E-state index contributed by atoms with van der Waals surface area (Å²) in [6.07, 6.45) is 5.76. The number of nitrogens with zero attached hydrogens (tertiary/aromatic N) is 2. The van der Waals surface area contributed by atoms with Crippen LogP contribution in [0.25, 0.3) is 0 Å². The highest BCUT2D eigenvalue weighted by Gasteiger charge is 2.24. The minimum atomic E-state index is -0.432. The highest BCUT2D eigenvalue weighted by atomic mass is 32.2. The standard InChI is InChI=1S/C14H21N5O3S/c20-11(16-13(21)15-10-4-5-10)9-23-14-18-17-12(22-14)8-19-6-2-1-3-7-19/h10H,1-9H2,(H2,15,16,20,21)/p+1. The number of hydrogen-bond donors (Lipinski definition) is 3. The average Bonchev–Trinajstić information content (AvgIpc) is 3.23. The Morgan fingerprint density at radius 2 is 2.00 bits per heavy atom. The van der Waals surface area contributed by atoms with Gasteiger partial charge in [-0.1, -0.05) is 11.8 Å². The quantitative estimate of drug-likeness (QED) is 0.616. The van der Waals surface area contributed by atoms with E-state index in [1.165, 1.54) is 24.2 Å². The van der Waals surface area contributed by atoms with Gasteiger partial charge in [0.25, 0.3) is 11.1 Å². The van der Waals surface area contributed by atoms with E-state index >= 15 is 0 Å². The maximum absolute atomic E-state index is 11.7. The Balaban J connectivity index is 1.37. The number of carbonyl (C=O) groups excluding carboxylic acids is 2. The van der Waals surface area contributed by atoms with Crippen LogP contribution in [0.15, 0.2) is 9.64 Å². The van der Waals surface area contributed by atoms with E-state index < -0.39 is 6.03 Å². The first-order chi connectivity index (χ1) is 11.2. The number of nitrogens with one attached hydrogen (secondary N) is 3. The lowest BCUT2D eigenvalue weighted by atomic mass is 10.1. The summed E-state index contributed by atoms with van der Waals surface area (Å²) in [5.41, 5.74) is 0. The van der Waals surface area contributed by atoms with E-state index in [-0.39, 0.29) is 17.7 Å². The van der Waals surface area contributed by atoms with Gasteiger partial charge in [0.1, 0.15) is 0 Å². The molecule has 1 aliphatic heterocycles. The van der Waals surface area contributed by atoms with E-state index in [2.05, 4.69) is 20.8 Å². The van der Waals surface area contributed by atoms with Gasteiger partial charge in [-0.25, -0.2) is 4.79 Å². The van der Waals surface area contributed by atoms with Crippen LogP contribution < -0.4 is 15.5 Å². The summed E-state index contributed by atoms with van der Waals surface area (Å²) in [6, 6.07) is -0.204. The van der Waals surface area contributed by atoms with Crippen molar-refractivity contribution in [2.75, 3.05) is 18.8 Å². The second-order valence-corrected chi connectivity index (χ2v) is 6.96. The SMILES string of the molecule is O=C(CSc1nnc(C[NH+]2CCCCC2)o1)NC(=O)NC1CC1. The largest absolute Gasteiger partial charge is 0.410 e. The number of aromatic nitrogens is 2. The Labute approximate surface area is 138 Å². The molecule has 1 aromatic heterocycles. The number of hydrogen-bond acceptors (Lipinski definition) is 6. The van der Waals surface area contributed by atoms with Gasteiger partial charge in [0.15, 0.2) is 6.54 Å². The van der Waals surface area contributed by atoms with E-state index in [9.17, 15) is 9.59 Å². The molecular weight excluding hydrogens is 318 g/mol. The molecule has 126 valence electrons. The van der Waals surface area contributed by atoms with Crippen LogP contribution in [0, 0.1) is 0 Å². The van der Waals surface area contributed by atoms with Crippen LogP contribution in [0.1, 0.15) is 38.0 Å². The fourth-order valence-corrected chi connectivity index (χ4v) is 3.13. The van der Waals surface area contributed by atoms with Crippen molar-refractivity contribution in [3.05, 3.63) is 5.89 Å². The van der Waals surface area contributed by atoms with Gasteiger partial charge in [-0.05, 0) is 32.1 Å². The minimum Gasteiger partial charge on any atom is -0.410 e. The molecule has 3 amide bonds. The van der Waals surface area contributed by atoms with Crippen LogP contribution in [0.4, 0.5) is 4.79 Å². The lowest BCUT2D eigenvalue weighted by molar-refractivity contribution is -0.919. The summed E-state index contributed by atoms with van der Waals surface area (Å²) in [4.78, 5) is 24.6. The molecule has 2 fully saturated rings. The Hall–Kier alpha value is -1.61. The summed E-state index contributed by atoms with van der Waals surface area (Å²) < 4.78 is 5.56.